The Kier molecular flexibility index (Phi) is 8.04. The highest BCUT2D eigenvalue weighted by Crippen LogP contribution is 2.24. The summed E-state index contributed by atoms with van der Waals surface area (Å²) in [5.74, 6) is 0.394. The summed E-state index contributed by atoms with van der Waals surface area (Å²) in [4.78, 5) is 15.5. The number of aryl methyl sites for hydroxylation is 2. The summed E-state index contributed by atoms with van der Waals surface area (Å²) in [5.41, 5.74) is 3.91. The molecule has 164 valence electrons. The van der Waals surface area contributed by atoms with Crippen molar-refractivity contribution >= 4 is 5.97 Å². The molecule has 7 heteroatoms. The van der Waals surface area contributed by atoms with Crippen LogP contribution in [0.2, 0.25) is 0 Å². The number of carboxylic acid groups (broad SMARTS) is 1. The lowest BCUT2D eigenvalue weighted by atomic mass is 10.0. The van der Waals surface area contributed by atoms with Crippen molar-refractivity contribution in [3.8, 4) is 11.6 Å². The maximum absolute atomic E-state index is 11.1. The molecule has 0 aliphatic rings. The zero-order valence-corrected chi connectivity index (χ0v) is 18.1. The topological polar surface area (TPSA) is 86.5 Å². The molecular formula is C24H29N3O4. The van der Waals surface area contributed by atoms with E-state index in [9.17, 15) is 4.79 Å². The van der Waals surface area contributed by atoms with Gasteiger partial charge in [0.05, 0.1) is 19.6 Å². The van der Waals surface area contributed by atoms with Gasteiger partial charge in [0.1, 0.15) is 5.75 Å². The molecule has 0 fully saturated rings. The van der Waals surface area contributed by atoms with E-state index in [4.69, 9.17) is 14.6 Å². The number of rotatable bonds is 12. The highest BCUT2D eigenvalue weighted by atomic mass is 16.5. The van der Waals surface area contributed by atoms with E-state index in [1.807, 2.05) is 32.0 Å². The van der Waals surface area contributed by atoms with Gasteiger partial charge in [-0.15, -0.1) is 5.10 Å². The molecule has 7 nitrogen and oxygen atoms in total. The molecule has 0 amide bonds. The number of carboxylic acids is 1. The second-order valence-electron chi connectivity index (χ2n) is 7.21. The first-order valence-electron chi connectivity index (χ1n) is 10.6. The summed E-state index contributed by atoms with van der Waals surface area (Å²) in [6.07, 6.45) is 5.76. The van der Waals surface area contributed by atoms with Crippen molar-refractivity contribution in [1.29, 1.82) is 0 Å². The average Bonchev–Trinajstić information content (AvgIpc) is 3.14. The molecule has 0 aliphatic carbocycles. The van der Waals surface area contributed by atoms with E-state index in [1.54, 1.807) is 17.1 Å². The number of benzene rings is 1. The van der Waals surface area contributed by atoms with Crippen molar-refractivity contribution in [2.24, 2.45) is 0 Å². The quantitative estimate of drug-likeness (QED) is 0.444. The average molecular weight is 424 g/mol. The molecule has 0 spiro atoms. The molecule has 2 heterocycles. The van der Waals surface area contributed by atoms with Crippen LogP contribution >= 0.6 is 0 Å². The highest BCUT2D eigenvalue weighted by Gasteiger charge is 2.13. The van der Waals surface area contributed by atoms with Crippen LogP contribution in [0.4, 0.5) is 0 Å². The van der Waals surface area contributed by atoms with Crippen LogP contribution in [0.25, 0.3) is 0 Å². The van der Waals surface area contributed by atoms with Crippen LogP contribution < -0.4 is 9.47 Å². The zero-order chi connectivity index (χ0) is 22.1. The van der Waals surface area contributed by atoms with Crippen molar-refractivity contribution in [3.05, 3.63) is 71.2 Å². The van der Waals surface area contributed by atoms with Gasteiger partial charge >= 0.3 is 5.97 Å². The summed E-state index contributed by atoms with van der Waals surface area (Å²) >= 11 is 0. The smallest absolute Gasteiger partial charge is 0.308 e. The largest absolute Gasteiger partial charge is 0.494 e. The lowest BCUT2D eigenvalue weighted by Crippen LogP contribution is -2.06. The molecular weight excluding hydrogens is 394 g/mol. The molecule has 0 atom stereocenters. The number of ether oxygens (including phenoxy) is 2. The van der Waals surface area contributed by atoms with Gasteiger partial charge in [-0.05, 0) is 56.0 Å². The minimum atomic E-state index is -0.896. The van der Waals surface area contributed by atoms with Crippen molar-refractivity contribution in [2.75, 3.05) is 13.2 Å². The minimum Gasteiger partial charge on any atom is -0.494 e. The van der Waals surface area contributed by atoms with Crippen LogP contribution in [0.5, 0.6) is 11.6 Å². The maximum atomic E-state index is 11.1. The van der Waals surface area contributed by atoms with Crippen molar-refractivity contribution < 1.29 is 19.4 Å². The van der Waals surface area contributed by atoms with Crippen LogP contribution in [0, 0.1) is 0 Å². The van der Waals surface area contributed by atoms with Gasteiger partial charge in [0.2, 0.25) is 5.88 Å². The van der Waals surface area contributed by atoms with Crippen LogP contribution in [0.3, 0.4) is 0 Å². The summed E-state index contributed by atoms with van der Waals surface area (Å²) in [6.45, 7) is 5.65. The third kappa shape index (κ3) is 6.57. The monoisotopic (exact) mass is 423 g/mol. The molecule has 0 unspecified atom stereocenters. The van der Waals surface area contributed by atoms with Crippen LogP contribution in [0.15, 0.2) is 48.8 Å². The van der Waals surface area contributed by atoms with Crippen LogP contribution in [-0.2, 0) is 30.6 Å². The summed E-state index contributed by atoms with van der Waals surface area (Å²) in [5, 5.41) is 13.4. The van der Waals surface area contributed by atoms with E-state index in [1.165, 1.54) is 0 Å². The Labute approximate surface area is 182 Å². The van der Waals surface area contributed by atoms with Gasteiger partial charge in [0, 0.05) is 36.6 Å². The lowest BCUT2D eigenvalue weighted by Gasteiger charge is -2.13. The fourth-order valence-electron chi connectivity index (χ4n) is 3.36. The highest BCUT2D eigenvalue weighted by molar-refractivity contribution is 5.70. The Hall–Kier alpha value is -3.35. The molecule has 1 aromatic carbocycles. The first-order valence-corrected chi connectivity index (χ1v) is 10.6. The van der Waals surface area contributed by atoms with E-state index in [-0.39, 0.29) is 6.42 Å². The van der Waals surface area contributed by atoms with Gasteiger partial charge in [-0.3, -0.25) is 14.5 Å². The van der Waals surface area contributed by atoms with E-state index in [0.717, 1.165) is 41.8 Å². The fourth-order valence-corrected chi connectivity index (χ4v) is 3.36. The van der Waals surface area contributed by atoms with Crippen LogP contribution in [0.1, 0.15) is 42.7 Å². The summed E-state index contributed by atoms with van der Waals surface area (Å²) in [6, 6.07) is 12.2. The molecule has 3 rings (SSSR count). The first kappa shape index (κ1) is 22.3. The predicted octanol–water partition coefficient (Wildman–Crippen LogP) is 3.93. The van der Waals surface area contributed by atoms with E-state index >= 15 is 0 Å². The SMILES string of the molecule is CCOc1cc(Cc2ccccn2)ccc1CCCOc1nn(CC)cc1CC(=O)O. The van der Waals surface area contributed by atoms with E-state index in [2.05, 4.69) is 28.3 Å². The molecule has 0 bridgehead atoms. The van der Waals surface area contributed by atoms with Gasteiger partial charge in [0.15, 0.2) is 0 Å². The van der Waals surface area contributed by atoms with Gasteiger partial charge in [0.25, 0.3) is 0 Å². The zero-order valence-electron chi connectivity index (χ0n) is 18.1. The second-order valence-corrected chi connectivity index (χ2v) is 7.21. The number of aliphatic carboxylic acids is 1. The summed E-state index contributed by atoms with van der Waals surface area (Å²) in [7, 11) is 0. The predicted molar refractivity (Wildman–Crippen MR) is 118 cm³/mol. The second kappa shape index (κ2) is 11.2. The van der Waals surface area contributed by atoms with E-state index < -0.39 is 5.97 Å². The standard InChI is InChI=1S/C24H29N3O4/c1-3-27-17-20(16-23(28)29)24(26-27)31-13-7-8-19-11-10-18(15-22(19)30-4-2)14-21-9-5-6-12-25-21/h5-6,9-12,15,17H,3-4,7-8,13-14,16H2,1-2H3,(H,28,29). The third-order valence-corrected chi connectivity index (χ3v) is 4.84. The normalized spacial score (nSPS) is 10.8. The number of hydrogen-bond donors (Lipinski definition) is 1. The summed E-state index contributed by atoms with van der Waals surface area (Å²) < 4.78 is 13.4. The van der Waals surface area contributed by atoms with Gasteiger partial charge in [-0.1, -0.05) is 18.2 Å². The van der Waals surface area contributed by atoms with Gasteiger partial charge in [-0.25, -0.2) is 0 Å². The van der Waals surface area contributed by atoms with Crippen molar-refractivity contribution in [2.45, 2.75) is 46.1 Å². The number of carbonyl (C=O) groups is 1. The fraction of sp³-hybridized carbons (Fsp3) is 0.375. The molecule has 0 saturated carbocycles. The van der Waals surface area contributed by atoms with Crippen LogP contribution in [-0.4, -0.2) is 39.1 Å². The van der Waals surface area contributed by atoms with Gasteiger partial charge in [-0.2, -0.15) is 0 Å². The Morgan fingerprint density at radius 3 is 2.71 bits per heavy atom. The van der Waals surface area contributed by atoms with Crippen molar-refractivity contribution in [3.63, 3.8) is 0 Å². The number of nitrogens with zero attached hydrogens (tertiary/aromatic N) is 3. The molecule has 31 heavy (non-hydrogen) atoms. The Morgan fingerprint density at radius 1 is 1.13 bits per heavy atom. The molecule has 0 saturated heterocycles. The molecule has 1 N–H and O–H groups in total. The number of pyridine rings is 1. The molecule has 0 radical (unpaired) electrons. The molecule has 0 aliphatic heterocycles. The lowest BCUT2D eigenvalue weighted by molar-refractivity contribution is -0.136. The molecule has 2 aromatic heterocycles. The Bertz CT molecular complexity index is 986. The van der Waals surface area contributed by atoms with E-state index in [0.29, 0.717) is 31.2 Å². The first-order chi connectivity index (χ1) is 15.1. The van der Waals surface area contributed by atoms with Gasteiger partial charge < -0.3 is 14.6 Å². The Morgan fingerprint density at radius 2 is 2.00 bits per heavy atom. The Balaban J connectivity index is 1.60. The number of hydrogen-bond acceptors (Lipinski definition) is 5. The van der Waals surface area contributed by atoms with Crippen molar-refractivity contribution in [1.82, 2.24) is 14.8 Å². The number of aromatic nitrogens is 3. The maximum Gasteiger partial charge on any atom is 0.308 e. The third-order valence-electron chi connectivity index (χ3n) is 4.84. The molecule has 3 aromatic rings. The minimum absolute atomic E-state index is 0.0957.